The number of pyridine rings is 1. The van der Waals surface area contributed by atoms with Crippen LogP contribution in [0.4, 0.5) is 10.2 Å². The van der Waals surface area contributed by atoms with Crippen molar-refractivity contribution in [2.24, 2.45) is 7.05 Å². The number of piperazine rings is 1. The summed E-state index contributed by atoms with van der Waals surface area (Å²) in [6.07, 6.45) is 8.28. The molecular weight excluding hydrogens is 471 g/mol. The van der Waals surface area contributed by atoms with Gasteiger partial charge in [0.2, 0.25) is 0 Å². The van der Waals surface area contributed by atoms with Gasteiger partial charge in [-0.2, -0.15) is 5.10 Å². The maximum Gasteiger partial charge on any atom is 0.141 e. The lowest BCUT2D eigenvalue weighted by molar-refractivity contribution is -0.00996. The Morgan fingerprint density at radius 2 is 1.92 bits per heavy atom. The molecule has 0 amide bonds. The Morgan fingerprint density at radius 1 is 1.05 bits per heavy atom. The highest BCUT2D eigenvalue weighted by Gasteiger charge is 2.45. The molecule has 2 bridgehead atoms. The van der Waals surface area contributed by atoms with Crippen LogP contribution in [0, 0.1) is 5.82 Å². The number of halogens is 1. The quantitative estimate of drug-likeness (QED) is 0.383. The van der Waals surface area contributed by atoms with Crippen molar-refractivity contribution in [2.45, 2.75) is 25.0 Å². The number of rotatable bonds is 5. The van der Waals surface area contributed by atoms with Crippen LogP contribution in [-0.2, 0) is 13.6 Å². The molecule has 2 unspecified atom stereocenters. The number of hydrogen-bond acceptors (Lipinski definition) is 7. The van der Waals surface area contributed by atoms with Crippen molar-refractivity contribution in [1.82, 2.24) is 34.6 Å². The SMILES string of the molecule is Cn1cc(-c2cc3c(-c4ccc(N5CC6CC(C5)N6Cc5c(O)cccc5F)nc4)ncnc3[nH]2)cn1. The summed E-state index contributed by atoms with van der Waals surface area (Å²) in [4.78, 5) is 21.7. The number of H-pyrrole nitrogens is 1. The predicted molar refractivity (Wildman–Crippen MR) is 137 cm³/mol. The normalized spacial score (nSPS) is 19.4. The average Bonchev–Trinajstić information content (AvgIpc) is 3.54. The first kappa shape index (κ1) is 21.9. The number of hydrogen-bond donors (Lipinski definition) is 2. The van der Waals surface area contributed by atoms with Gasteiger partial charge in [-0.3, -0.25) is 9.58 Å². The van der Waals surface area contributed by atoms with E-state index in [0.29, 0.717) is 24.2 Å². The predicted octanol–water partition coefficient (Wildman–Crippen LogP) is 3.73. The minimum atomic E-state index is -0.354. The summed E-state index contributed by atoms with van der Waals surface area (Å²) in [5.41, 5.74) is 4.82. The molecule has 5 aromatic rings. The minimum absolute atomic E-state index is 0.0212. The van der Waals surface area contributed by atoms with Crippen molar-refractivity contribution in [1.29, 1.82) is 0 Å². The number of aromatic nitrogens is 6. The molecule has 4 aromatic heterocycles. The first-order valence-electron chi connectivity index (χ1n) is 12.3. The molecule has 2 atom stereocenters. The molecule has 1 aromatic carbocycles. The van der Waals surface area contributed by atoms with Gasteiger partial charge in [0, 0.05) is 73.2 Å². The molecule has 9 nitrogen and oxygen atoms in total. The number of aromatic amines is 1. The van der Waals surface area contributed by atoms with Crippen LogP contribution in [0.5, 0.6) is 5.75 Å². The molecule has 186 valence electrons. The minimum Gasteiger partial charge on any atom is -0.508 e. The molecule has 3 aliphatic heterocycles. The topological polar surface area (TPSA) is 99.0 Å². The van der Waals surface area contributed by atoms with Gasteiger partial charge in [0.1, 0.15) is 29.4 Å². The Bertz CT molecular complexity index is 1580. The largest absolute Gasteiger partial charge is 0.508 e. The average molecular weight is 497 g/mol. The number of aryl methyl sites for hydroxylation is 1. The summed E-state index contributed by atoms with van der Waals surface area (Å²) in [6, 6.07) is 11.2. The number of fused-ring (bicyclic) bond motifs is 3. The second-order valence-corrected chi connectivity index (χ2v) is 9.83. The van der Waals surface area contributed by atoms with E-state index in [1.807, 2.05) is 31.7 Å². The zero-order valence-electron chi connectivity index (χ0n) is 20.2. The van der Waals surface area contributed by atoms with Crippen LogP contribution in [0.25, 0.3) is 33.5 Å². The van der Waals surface area contributed by atoms with Gasteiger partial charge < -0.3 is 15.0 Å². The zero-order valence-corrected chi connectivity index (χ0v) is 20.2. The number of phenols is 1. The lowest BCUT2D eigenvalue weighted by Crippen LogP contribution is -2.68. The summed E-state index contributed by atoms with van der Waals surface area (Å²) in [7, 11) is 1.89. The number of piperidine rings is 1. The molecular formula is C27H25FN8O. The molecule has 3 fully saturated rings. The van der Waals surface area contributed by atoms with Crippen LogP contribution in [0.1, 0.15) is 12.0 Å². The lowest BCUT2D eigenvalue weighted by Gasteiger charge is -2.56. The first-order valence-corrected chi connectivity index (χ1v) is 12.3. The molecule has 8 rings (SSSR count). The van der Waals surface area contributed by atoms with E-state index in [-0.39, 0.29) is 11.6 Å². The van der Waals surface area contributed by atoms with Crippen molar-refractivity contribution in [3.63, 3.8) is 0 Å². The van der Waals surface area contributed by atoms with Crippen LogP contribution in [0.3, 0.4) is 0 Å². The van der Waals surface area contributed by atoms with Gasteiger partial charge in [-0.05, 0) is 36.8 Å². The van der Waals surface area contributed by atoms with Gasteiger partial charge >= 0.3 is 0 Å². The van der Waals surface area contributed by atoms with Crippen LogP contribution in [0.15, 0.2) is 61.3 Å². The lowest BCUT2D eigenvalue weighted by atomic mass is 9.86. The zero-order chi connectivity index (χ0) is 25.1. The maximum absolute atomic E-state index is 14.2. The molecule has 7 heterocycles. The highest BCUT2D eigenvalue weighted by Crippen LogP contribution is 2.37. The van der Waals surface area contributed by atoms with Crippen molar-refractivity contribution in [3.05, 3.63) is 72.7 Å². The molecule has 0 aliphatic carbocycles. The van der Waals surface area contributed by atoms with Gasteiger partial charge in [-0.1, -0.05) is 6.07 Å². The maximum atomic E-state index is 14.2. The van der Waals surface area contributed by atoms with Gasteiger partial charge in [0.15, 0.2) is 0 Å². The van der Waals surface area contributed by atoms with E-state index >= 15 is 0 Å². The third-order valence-corrected chi connectivity index (χ3v) is 7.57. The highest BCUT2D eigenvalue weighted by molar-refractivity contribution is 5.94. The van der Waals surface area contributed by atoms with Gasteiger partial charge in [-0.15, -0.1) is 0 Å². The molecule has 3 saturated heterocycles. The summed E-state index contributed by atoms with van der Waals surface area (Å²) in [6.45, 7) is 2.07. The van der Waals surface area contributed by atoms with Crippen molar-refractivity contribution in [2.75, 3.05) is 18.0 Å². The van der Waals surface area contributed by atoms with E-state index in [1.54, 1.807) is 17.1 Å². The fraction of sp³-hybridized carbons (Fsp3) is 0.259. The van der Waals surface area contributed by atoms with Gasteiger partial charge in [-0.25, -0.2) is 19.3 Å². The third-order valence-electron chi connectivity index (χ3n) is 7.57. The second kappa shape index (κ2) is 8.38. The van der Waals surface area contributed by atoms with E-state index in [2.05, 4.69) is 42.0 Å². The number of phenolic OH excluding ortho intramolecular Hbond substituents is 1. The summed E-state index contributed by atoms with van der Waals surface area (Å²) < 4.78 is 16.0. The Balaban J connectivity index is 1.09. The van der Waals surface area contributed by atoms with E-state index in [9.17, 15) is 9.50 Å². The Hall–Kier alpha value is -4.31. The number of nitrogens with one attached hydrogen (secondary N) is 1. The molecule has 37 heavy (non-hydrogen) atoms. The molecule has 0 saturated carbocycles. The standard InChI is InChI=1S/C27H25FN8O/c1-34-11-17(10-32-34)23-8-20-26(30-15-31-27(20)33-23)16-5-6-25(29-9-16)35-12-18-7-19(13-35)36(18)14-21-22(28)3-2-4-24(21)37/h2-6,8-11,15,18-19,37H,7,12-14H2,1H3,(H,30,31,33). The number of benzene rings is 1. The van der Waals surface area contributed by atoms with E-state index in [1.165, 1.54) is 12.1 Å². The fourth-order valence-electron chi connectivity index (χ4n) is 5.62. The van der Waals surface area contributed by atoms with E-state index < -0.39 is 0 Å². The molecule has 10 heteroatoms. The Kier molecular flexibility index (Phi) is 4.97. The van der Waals surface area contributed by atoms with Gasteiger partial charge in [0.25, 0.3) is 0 Å². The van der Waals surface area contributed by atoms with Crippen LogP contribution in [-0.4, -0.2) is 64.9 Å². The number of anilines is 1. The van der Waals surface area contributed by atoms with Crippen LogP contribution >= 0.6 is 0 Å². The van der Waals surface area contributed by atoms with Crippen molar-refractivity contribution >= 4 is 16.9 Å². The monoisotopic (exact) mass is 496 g/mol. The van der Waals surface area contributed by atoms with Crippen molar-refractivity contribution in [3.8, 4) is 28.3 Å². The smallest absolute Gasteiger partial charge is 0.141 e. The molecule has 0 spiro atoms. The molecule has 3 aliphatic rings. The summed E-state index contributed by atoms with van der Waals surface area (Å²) >= 11 is 0. The van der Waals surface area contributed by atoms with Crippen LogP contribution < -0.4 is 4.90 Å². The molecule has 2 N–H and O–H groups in total. The first-order chi connectivity index (χ1) is 18.0. The Morgan fingerprint density at radius 3 is 2.65 bits per heavy atom. The Labute approximate surface area is 212 Å². The second-order valence-electron chi connectivity index (χ2n) is 9.83. The number of aromatic hydroxyl groups is 1. The van der Waals surface area contributed by atoms with Crippen molar-refractivity contribution < 1.29 is 9.50 Å². The summed E-state index contributed by atoms with van der Waals surface area (Å²) in [5.74, 6) is 0.586. The van der Waals surface area contributed by atoms with E-state index in [0.717, 1.165) is 58.9 Å². The third kappa shape index (κ3) is 3.72. The number of nitrogens with zero attached hydrogens (tertiary/aromatic N) is 7. The van der Waals surface area contributed by atoms with Crippen LogP contribution in [0.2, 0.25) is 0 Å². The molecule has 0 radical (unpaired) electrons. The summed E-state index contributed by atoms with van der Waals surface area (Å²) in [5, 5.41) is 15.3. The van der Waals surface area contributed by atoms with Gasteiger partial charge in [0.05, 0.1) is 17.6 Å². The van der Waals surface area contributed by atoms with E-state index in [4.69, 9.17) is 4.98 Å². The fourth-order valence-corrected chi connectivity index (χ4v) is 5.62. The highest BCUT2D eigenvalue weighted by atomic mass is 19.1.